The fraction of sp³-hybridized carbons (Fsp3) is 0.0417. The largest absolute Gasteiger partial charge is 0.307 e. The molecule has 0 spiro atoms. The fourth-order valence-electron chi connectivity index (χ4n) is 8.22. The third-order valence-corrected chi connectivity index (χ3v) is 13.0. The molecule has 0 bridgehead atoms. The van der Waals surface area contributed by atoms with Crippen LogP contribution in [-0.4, -0.2) is 14.5 Å². The highest BCUT2D eigenvalue weighted by atomic mass is 35.5. The van der Waals surface area contributed by atoms with Gasteiger partial charge in [-0.05, 0) is 39.1 Å². The average molecular weight is 750 g/mol. The first-order chi connectivity index (χ1) is 26.6. The molecule has 0 saturated carbocycles. The van der Waals surface area contributed by atoms with Gasteiger partial charge in [0.2, 0.25) is 0 Å². The van der Waals surface area contributed by atoms with Crippen molar-refractivity contribution in [3.63, 3.8) is 0 Å². The number of nitrogens with zero attached hydrogens (tertiary/aromatic N) is 3. The minimum absolute atomic E-state index is 0.360. The summed E-state index contributed by atoms with van der Waals surface area (Å²) in [6.45, 7) is 12.0. The van der Waals surface area contributed by atoms with Crippen LogP contribution in [0.5, 0.6) is 0 Å². The molecule has 4 heterocycles. The van der Waals surface area contributed by atoms with Gasteiger partial charge in [0.1, 0.15) is 16.0 Å². The molecule has 0 aliphatic rings. The predicted octanol–water partition coefficient (Wildman–Crippen LogP) is 15.2. The molecule has 0 amide bonds. The van der Waals surface area contributed by atoms with Gasteiger partial charge >= 0.3 is 0 Å². The molecule has 0 aliphatic carbocycles. The summed E-state index contributed by atoms with van der Waals surface area (Å²) in [6.07, 6.45) is 3.63. The summed E-state index contributed by atoms with van der Waals surface area (Å²) in [6, 6.07) is 44.1. The molecule has 0 aliphatic heterocycles. The quantitative estimate of drug-likeness (QED) is 0.179. The normalized spacial score (nSPS) is 11.8. The lowest BCUT2D eigenvalue weighted by Gasteiger charge is -2.13. The molecular formula is C48H32ClN3S2. The average Bonchev–Trinajstić information content (AvgIpc) is 3.91. The predicted molar refractivity (Wildman–Crippen MR) is 239 cm³/mol. The van der Waals surface area contributed by atoms with Crippen molar-refractivity contribution in [1.29, 1.82) is 0 Å². The summed E-state index contributed by atoms with van der Waals surface area (Å²) in [5.74, 6) is 0. The second-order valence-corrected chi connectivity index (χ2v) is 15.5. The van der Waals surface area contributed by atoms with Crippen molar-refractivity contribution in [1.82, 2.24) is 14.5 Å². The second-order valence-electron chi connectivity index (χ2n) is 13.1. The van der Waals surface area contributed by atoms with Crippen LogP contribution in [0.4, 0.5) is 0 Å². The van der Waals surface area contributed by atoms with Crippen LogP contribution >= 0.6 is 34.3 Å². The van der Waals surface area contributed by atoms with Crippen LogP contribution < -0.4 is 0 Å². The van der Waals surface area contributed by atoms with E-state index in [9.17, 15) is 0 Å². The number of aromatic nitrogens is 3. The van der Waals surface area contributed by atoms with E-state index in [1.54, 1.807) is 17.4 Å². The molecule has 0 unspecified atom stereocenters. The Morgan fingerprint density at radius 2 is 1.26 bits per heavy atom. The van der Waals surface area contributed by atoms with E-state index in [-0.39, 0.29) is 0 Å². The van der Waals surface area contributed by atoms with Crippen molar-refractivity contribution < 1.29 is 0 Å². The van der Waals surface area contributed by atoms with Crippen LogP contribution in [-0.2, 0) is 0 Å². The Kier molecular flexibility index (Phi) is 7.67. The lowest BCUT2D eigenvalue weighted by Crippen LogP contribution is -1.97. The third kappa shape index (κ3) is 4.59. The Hall–Kier alpha value is -5.85. The van der Waals surface area contributed by atoms with Gasteiger partial charge in [0.15, 0.2) is 5.15 Å². The van der Waals surface area contributed by atoms with E-state index in [1.807, 2.05) is 31.3 Å². The minimum atomic E-state index is 0.360. The highest BCUT2D eigenvalue weighted by Crippen LogP contribution is 2.50. The number of rotatable bonds is 4. The molecule has 258 valence electrons. The molecule has 0 saturated heterocycles. The highest BCUT2D eigenvalue weighted by Gasteiger charge is 2.24. The smallest absolute Gasteiger partial charge is 0.156 e. The standard InChI is InChI=1S/C46H26ClN3S2.C2H6/c1-3-29-36(4-2)51-46-40(29)48-45(47)39(49-46)27-14-11-15-28(24-27)50-41-30-16-7-5-12-25(30)20-22-34(41)37-32-18-9-10-19-33(32)38-35-23-21-26-13-6-8-17-31(26)43(35)52-44(38)42(37)50;1-2/h3-24H,1-2H2;1-2H3. The Balaban J connectivity index is 0.00000178. The van der Waals surface area contributed by atoms with Gasteiger partial charge in [-0.15, -0.1) is 22.7 Å². The summed E-state index contributed by atoms with van der Waals surface area (Å²) < 4.78 is 5.07. The van der Waals surface area contributed by atoms with Gasteiger partial charge in [-0.25, -0.2) is 9.97 Å². The second kappa shape index (κ2) is 12.6. The molecule has 0 radical (unpaired) electrons. The van der Waals surface area contributed by atoms with Gasteiger partial charge in [-0.1, -0.05) is 160 Å². The number of halogens is 1. The SMILES string of the molecule is C=Cc1sc2nc(-c3cccc(-n4c5c6ccccc6ccc5c5c6ccccc6c6c7ccc8ccccc8c7sc6c54)c3)c(Cl)nc2c1C=C.CC. The first-order valence-corrected chi connectivity index (χ1v) is 20.1. The van der Waals surface area contributed by atoms with Crippen molar-refractivity contribution in [2.75, 3.05) is 0 Å². The van der Waals surface area contributed by atoms with Gasteiger partial charge in [-0.2, -0.15) is 0 Å². The monoisotopic (exact) mass is 749 g/mol. The van der Waals surface area contributed by atoms with Gasteiger partial charge in [0.05, 0.1) is 15.7 Å². The van der Waals surface area contributed by atoms with Crippen LogP contribution in [0.25, 0.3) is 114 Å². The molecule has 0 atom stereocenters. The van der Waals surface area contributed by atoms with Crippen molar-refractivity contribution >= 4 is 131 Å². The van der Waals surface area contributed by atoms with E-state index in [2.05, 4.69) is 139 Å². The molecule has 0 N–H and O–H groups in total. The first-order valence-electron chi connectivity index (χ1n) is 18.1. The molecular weight excluding hydrogens is 718 g/mol. The van der Waals surface area contributed by atoms with Gasteiger partial charge in [0, 0.05) is 53.3 Å². The van der Waals surface area contributed by atoms with E-state index >= 15 is 0 Å². The van der Waals surface area contributed by atoms with Gasteiger partial charge < -0.3 is 4.57 Å². The maximum atomic E-state index is 6.97. The van der Waals surface area contributed by atoms with Crippen LogP contribution in [0.3, 0.4) is 0 Å². The molecule has 54 heavy (non-hydrogen) atoms. The molecule has 11 rings (SSSR count). The fourth-order valence-corrected chi connectivity index (χ4v) is 10.8. The first kappa shape index (κ1) is 32.8. The number of hydrogen-bond donors (Lipinski definition) is 0. The van der Waals surface area contributed by atoms with Gasteiger partial charge in [-0.3, -0.25) is 0 Å². The Morgan fingerprint density at radius 1 is 0.593 bits per heavy atom. The number of thiophene rings is 2. The van der Waals surface area contributed by atoms with E-state index < -0.39 is 0 Å². The summed E-state index contributed by atoms with van der Waals surface area (Å²) in [5, 5.41) is 12.9. The van der Waals surface area contributed by atoms with Gasteiger partial charge in [0.25, 0.3) is 0 Å². The Labute approximate surface area is 324 Å². The minimum Gasteiger partial charge on any atom is -0.307 e. The molecule has 7 aromatic carbocycles. The maximum Gasteiger partial charge on any atom is 0.156 e. The zero-order valence-electron chi connectivity index (χ0n) is 29.7. The van der Waals surface area contributed by atoms with E-state index in [0.717, 1.165) is 32.0 Å². The highest BCUT2D eigenvalue weighted by molar-refractivity contribution is 7.27. The molecule has 6 heteroatoms. The van der Waals surface area contributed by atoms with E-state index in [4.69, 9.17) is 21.6 Å². The zero-order chi connectivity index (χ0) is 36.7. The van der Waals surface area contributed by atoms with Crippen LogP contribution in [0.2, 0.25) is 5.15 Å². The third-order valence-electron chi connectivity index (χ3n) is 10.4. The summed E-state index contributed by atoms with van der Waals surface area (Å²) >= 11 is 10.4. The Morgan fingerprint density at radius 3 is 2.00 bits per heavy atom. The number of hydrogen-bond acceptors (Lipinski definition) is 4. The zero-order valence-corrected chi connectivity index (χ0v) is 32.0. The molecule has 3 nitrogen and oxygen atoms in total. The van der Waals surface area contributed by atoms with Crippen LogP contribution in [0, 0.1) is 0 Å². The Bertz CT molecular complexity index is 3360. The molecule has 11 aromatic rings. The summed E-state index contributed by atoms with van der Waals surface area (Å²) in [7, 11) is 0. The van der Waals surface area contributed by atoms with Crippen molar-refractivity contribution in [3.05, 3.63) is 150 Å². The number of benzene rings is 7. The van der Waals surface area contributed by atoms with Crippen molar-refractivity contribution in [2.45, 2.75) is 13.8 Å². The molecule has 0 fully saturated rings. The van der Waals surface area contributed by atoms with Crippen molar-refractivity contribution in [3.8, 4) is 16.9 Å². The summed E-state index contributed by atoms with van der Waals surface area (Å²) in [4.78, 5) is 11.7. The summed E-state index contributed by atoms with van der Waals surface area (Å²) in [5.41, 5.74) is 6.64. The van der Waals surface area contributed by atoms with Crippen molar-refractivity contribution in [2.24, 2.45) is 0 Å². The van der Waals surface area contributed by atoms with Crippen LogP contribution in [0.15, 0.2) is 134 Å². The van der Waals surface area contributed by atoms with E-state index in [0.29, 0.717) is 10.8 Å². The van der Waals surface area contributed by atoms with E-state index in [1.165, 1.54) is 74.3 Å². The lowest BCUT2D eigenvalue weighted by atomic mass is 9.97. The number of fused-ring (bicyclic) bond motifs is 15. The molecule has 4 aromatic heterocycles. The maximum absolute atomic E-state index is 6.97. The topological polar surface area (TPSA) is 30.7 Å². The lowest BCUT2D eigenvalue weighted by molar-refractivity contribution is 1.19. The van der Waals surface area contributed by atoms with Crippen LogP contribution in [0.1, 0.15) is 24.3 Å².